The maximum absolute atomic E-state index is 12.0. The van der Waals surface area contributed by atoms with Gasteiger partial charge in [0, 0.05) is 23.1 Å². The fraction of sp³-hybridized carbons (Fsp3) is 0.273. The highest BCUT2D eigenvalue weighted by atomic mass is 16.5. The molecule has 0 spiro atoms. The van der Waals surface area contributed by atoms with E-state index >= 15 is 0 Å². The number of carbonyl (C=O) groups excluding carboxylic acids is 2. The minimum atomic E-state index is -0.410. The summed E-state index contributed by atoms with van der Waals surface area (Å²) in [4.78, 5) is 27.2. The van der Waals surface area contributed by atoms with Crippen LogP contribution in [-0.2, 0) is 27.2 Å². The lowest BCUT2D eigenvalue weighted by Gasteiger charge is -2.14. The largest absolute Gasteiger partial charge is 0.455 e. The van der Waals surface area contributed by atoms with Gasteiger partial charge in [-0.3, -0.25) is 9.59 Å². The van der Waals surface area contributed by atoms with Gasteiger partial charge in [0.2, 0.25) is 0 Å². The first-order valence-electron chi connectivity index (χ1n) is 9.15. The van der Waals surface area contributed by atoms with E-state index in [1.54, 1.807) is 6.20 Å². The zero-order valence-electron chi connectivity index (χ0n) is 15.4. The number of aryl methyl sites for hydroxylation is 1. The fourth-order valence-corrected chi connectivity index (χ4v) is 3.05. The lowest BCUT2D eigenvalue weighted by Crippen LogP contribution is -2.36. The van der Waals surface area contributed by atoms with Gasteiger partial charge in [-0.2, -0.15) is 0 Å². The summed E-state index contributed by atoms with van der Waals surface area (Å²) in [6.07, 6.45) is 3.67. The van der Waals surface area contributed by atoms with Crippen molar-refractivity contribution in [2.45, 2.75) is 32.2 Å². The molecule has 0 radical (unpaired) electrons. The monoisotopic (exact) mass is 364 g/mol. The van der Waals surface area contributed by atoms with E-state index in [9.17, 15) is 9.59 Å². The second kappa shape index (κ2) is 9.03. The predicted octanol–water partition coefficient (Wildman–Crippen LogP) is 3.39. The Morgan fingerprint density at radius 2 is 1.81 bits per heavy atom. The van der Waals surface area contributed by atoms with Crippen LogP contribution in [-0.4, -0.2) is 29.5 Å². The number of hydrogen-bond donors (Lipinski definition) is 2. The number of fused-ring (bicyclic) bond motifs is 1. The lowest BCUT2D eigenvalue weighted by atomic mass is 10.1. The number of hydrogen-bond acceptors (Lipinski definition) is 3. The van der Waals surface area contributed by atoms with Crippen molar-refractivity contribution in [2.75, 3.05) is 6.61 Å². The smallest absolute Gasteiger partial charge is 0.310 e. The standard InChI is InChI=1S/C22H24N2O3/c1-16(11-12-17-7-3-2-4-8-17)24-21(25)15-27-22(26)13-18-14-23-20-10-6-5-9-19(18)20/h2-10,14,16,23H,11-13,15H2,1H3,(H,24,25)/t16-/m1/s1. The summed E-state index contributed by atoms with van der Waals surface area (Å²) in [7, 11) is 0. The van der Waals surface area contributed by atoms with Gasteiger partial charge in [-0.1, -0.05) is 48.5 Å². The zero-order valence-corrected chi connectivity index (χ0v) is 15.4. The Labute approximate surface area is 158 Å². The minimum Gasteiger partial charge on any atom is -0.455 e. The topological polar surface area (TPSA) is 71.2 Å². The molecule has 3 aromatic rings. The van der Waals surface area contributed by atoms with E-state index in [0.717, 1.165) is 29.3 Å². The molecule has 0 saturated carbocycles. The number of nitrogens with one attached hydrogen (secondary N) is 2. The number of rotatable bonds is 8. The van der Waals surface area contributed by atoms with Crippen LogP contribution in [0.4, 0.5) is 0 Å². The number of ether oxygens (including phenoxy) is 1. The summed E-state index contributed by atoms with van der Waals surface area (Å²) in [5.74, 6) is -0.685. The number of esters is 1. The molecule has 27 heavy (non-hydrogen) atoms. The summed E-state index contributed by atoms with van der Waals surface area (Å²) in [5, 5.41) is 3.87. The van der Waals surface area contributed by atoms with Crippen molar-refractivity contribution in [1.82, 2.24) is 10.3 Å². The molecule has 0 aliphatic heterocycles. The second-order valence-electron chi connectivity index (χ2n) is 6.69. The van der Waals surface area contributed by atoms with E-state index < -0.39 is 5.97 Å². The number of aromatic nitrogens is 1. The normalized spacial score (nSPS) is 11.9. The molecule has 5 nitrogen and oxygen atoms in total. The van der Waals surface area contributed by atoms with Gasteiger partial charge in [-0.25, -0.2) is 0 Å². The van der Waals surface area contributed by atoms with Crippen molar-refractivity contribution < 1.29 is 14.3 Å². The fourth-order valence-electron chi connectivity index (χ4n) is 3.05. The van der Waals surface area contributed by atoms with Gasteiger partial charge in [0.15, 0.2) is 6.61 Å². The number of aromatic amines is 1. The van der Waals surface area contributed by atoms with E-state index in [4.69, 9.17) is 4.74 Å². The van der Waals surface area contributed by atoms with Crippen LogP contribution < -0.4 is 5.32 Å². The zero-order chi connectivity index (χ0) is 19.1. The molecule has 0 fully saturated rings. The summed E-state index contributed by atoms with van der Waals surface area (Å²) >= 11 is 0. The molecule has 1 amide bonds. The van der Waals surface area contributed by atoms with Gasteiger partial charge in [-0.05, 0) is 37.0 Å². The van der Waals surface area contributed by atoms with E-state index in [-0.39, 0.29) is 25.0 Å². The van der Waals surface area contributed by atoms with Crippen molar-refractivity contribution >= 4 is 22.8 Å². The first-order valence-corrected chi connectivity index (χ1v) is 9.15. The van der Waals surface area contributed by atoms with Crippen molar-refractivity contribution in [3.05, 3.63) is 71.9 Å². The number of benzene rings is 2. The second-order valence-corrected chi connectivity index (χ2v) is 6.69. The molecule has 0 bridgehead atoms. The minimum absolute atomic E-state index is 0.0185. The molecule has 1 atom stereocenters. The number of amides is 1. The molecule has 1 heterocycles. The van der Waals surface area contributed by atoms with Gasteiger partial charge in [0.1, 0.15) is 0 Å². The van der Waals surface area contributed by atoms with Gasteiger partial charge >= 0.3 is 5.97 Å². The SMILES string of the molecule is C[C@H](CCc1ccccc1)NC(=O)COC(=O)Cc1c[nH]c2ccccc12. The first-order chi connectivity index (χ1) is 13.1. The highest BCUT2D eigenvalue weighted by Crippen LogP contribution is 2.18. The molecule has 2 N–H and O–H groups in total. The highest BCUT2D eigenvalue weighted by Gasteiger charge is 2.13. The molecule has 5 heteroatoms. The quantitative estimate of drug-likeness (QED) is 0.602. The highest BCUT2D eigenvalue weighted by molar-refractivity contribution is 5.88. The van der Waals surface area contributed by atoms with Crippen LogP contribution in [0, 0.1) is 0 Å². The van der Waals surface area contributed by atoms with Crippen molar-refractivity contribution in [2.24, 2.45) is 0 Å². The third-order valence-electron chi connectivity index (χ3n) is 4.49. The van der Waals surface area contributed by atoms with Crippen molar-refractivity contribution in [3.63, 3.8) is 0 Å². The van der Waals surface area contributed by atoms with Gasteiger partial charge in [0.25, 0.3) is 5.91 Å². The van der Waals surface area contributed by atoms with Crippen LogP contribution in [0.5, 0.6) is 0 Å². The molecule has 3 rings (SSSR count). The maximum atomic E-state index is 12.0. The molecule has 2 aromatic carbocycles. The number of carbonyl (C=O) groups is 2. The van der Waals surface area contributed by atoms with Crippen LogP contribution in [0.25, 0.3) is 10.9 Å². The van der Waals surface area contributed by atoms with Gasteiger partial charge < -0.3 is 15.0 Å². The lowest BCUT2D eigenvalue weighted by molar-refractivity contribution is -0.148. The van der Waals surface area contributed by atoms with E-state index in [2.05, 4.69) is 22.4 Å². The van der Waals surface area contributed by atoms with Crippen LogP contribution in [0.15, 0.2) is 60.8 Å². The molecule has 0 aliphatic rings. The molecule has 1 aromatic heterocycles. The summed E-state index contributed by atoms with van der Waals surface area (Å²) in [6.45, 7) is 1.70. The van der Waals surface area contributed by atoms with Gasteiger partial charge in [-0.15, -0.1) is 0 Å². The Balaban J connectivity index is 1.40. The Kier molecular flexibility index (Phi) is 6.26. The molecule has 140 valence electrons. The van der Waals surface area contributed by atoms with Crippen LogP contribution in [0.1, 0.15) is 24.5 Å². The molecule has 0 aliphatic carbocycles. The molecule has 0 saturated heterocycles. The maximum Gasteiger partial charge on any atom is 0.310 e. The van der Waals surface area contributed by atoms with Crippen molar-refractivity contribution in [3.8, 4) is 0 Å². The molecular weight excluding hydrogens is 340 g/mol. The Morgan fingerprint density at radius 3 is 2.63 bits per heavy atom. The van der Waals surface area contributed by atoms with Crippen LogP contribution in [0.2, 0.25) is 0 Å². The first kappa shape index (κ1) is 18.7. The van der Waals surface area contributed by atoms with E-state index in [0.29, 0.717) is 0 Å². The Hall–Kier alpha value is -3.08. The van der Waals surface area contributed by atoms with Crippen LogP contribution in [0.3, 0.4) is 0 Å². The third kappa shape index (κ3) is 5.45. The average Bonchev–Trinajstić information content (AvgIpc) is 3.08. The predicted molar refractivity (Wildman–Crippen MR) is 105 cm³/mol. The van der Waals surface area contributed by atoms with E-state index in [1.165, 1.54) is 5.56 Å². The summed E-state index contributed by atoms with van der Waals surface area (Å²) < 4.78 is 5.12. The number of para-hydroxylation sites is 1. The average molecular weight is 364 g/mol. The van der Waals surface area contributed by atoms with E-state index in [1.807, 2.05) is 49.4 Å². The Morgan fingerprint density at radius 1 is 1.07 bits per heavy atom. The molecular formula is C22H24N2O3. The van der Waals surface area contributed by atoms with Gasteiger partial charge in [0.05, 0.1) is 6.42 Å². The van der Waals surface area contributed by atoms with Crippen LogP contribution >= 0.6 is 0 Å². The summed E-state index contributed by atoms with van der Waals surface area (Å²) in [5.41, 5.74) is 3.08. The third-order valence-corrected chi connectivity index (χ3v) is 4.49. The number of H-pyrrole nitrogens is 1. The molecule has 0 unspecified atom stereocenters. The Bertz CT molecular complexity index is 902. The summed E-state index contributed by atoms with van der Waals surface area (Å²) in [6, 6.07) is 17.9. The van der Waals surface area contributed by atoms with Crippen molar-refractivity contribution in [1.29, 1.82) is 0 Å².